The average Bonchev–Trinajstić information content (AvgIpc) is 2.55. The van der Waals surface area contributed by atoms with Crippen molar-refractivity contribution in [2.24, 2.45) is 0 Å². The second-order valence-corrected chi connectivity index (χ2v) is 6.66. The summed E-state index contributed by atoms with van der Waals surface area (Å²) in [5.74, 6) is 0.713. The maximum Gasteiger partial charge on any atom is 0.0954 e. The second-order valence-electron chi connectivity index (χ2n) is 6.28. The van der Waals surface area contributed by atoms with Crippen LogP contribution in [0.4, 0.5) is 0 Å². The fourth-order valence-electron chi connectivity index (χ4n) is 3.82. The monoisotopic (exact) mass is 307 g/mol. The van der Waals surface area contributed by atoms with Gasteiger partial charge < -0.3 is 4.74 Å². The van der Waals surface area contributed by atoms with Gasteiger partial charge in [-0.15, -0.1) is 11.6 Å². The lowest BCUT2D eigenvalue weighted by Crippen LogP contribution is -2.41. The Balaban J connectivity index is 1.71. The molecule has 1 aromatic rings. The van der Waals surface area contributed by atoms with Gasteiger partial charge in [0.25, 0.3) is 0 Å². The van der Waals surface area contributed by atoms with E-state index < -0.39 is 0 Å². The van der Waals surface area contributed by atoms with Crippen molar-refractivity contribution in [2.75, 3.05) is 25.6 Å². The molecule has 1 fully saturated rings. The molecule has 3 rings (SSSR count). The number of fused-ring (bicyclic) bond motifs is 1. The molecule has 21 heavy (non-hydrogen) atoms. The molecule has 0 aromatic heterocycles. The molecule has 1 aromatic carbocycles. The first-order valence-corrected chi connectivity index (χ1v) is 8.91. The van der Waals surface area contributed by atoms with Crippen LogP contribution in [0.3, 0.4) is 0 Å². The van der Waals surface area contributed by atoms with E-state index in [1.165, 1.54) is 43.2 Å². The second kappa shape index (κ2) is 7.62. The van der Waals surface area contributed by atoms with Gasteiger partial charge in [-0.1, -0.05) is 43.5 Å². The van der Waals surface area contributed by atoms with Crippen LogP contribution < -0.4 is 0 Å². The number of nitrogens with zero attached hydrogens (tertiary/aromatic N) is 1. The van der Waals surface area contributed by atoms with Crippen molar-refractivity contribution >= 4 is 11.6 Å². The minimum Gasteiger partial charge on any atom is -0.372 e. The van der Waals surface area contributed by atoms with Crippen LogP contribution in [0.15, 0.2) is 24.3 Å². The Bertz CT molecular complexity index is 445. The van der Waals surface area contributed by atoms with E-state index in [2.05, 4.69) is 29.2 Å². The topological polar surface area (TPSA) is 12.5 Å². The third-order valence-corrected chi connectivity index (χ3v) is 5.12. The predicted molar refractivity (Wildman–Crippen MR) is 88.0 cm³/mol. The lowest BCUT2D eigenvalue weighted by atomic mass is 9.92. The van der Waals surface area contributed by atoms with E-state index in [0.717, 1.165) is 26.1 Å². The highest BCUT2D eigenvalue weighted by molar-refractivity contribution is 6.18. The lowest BCUT2D eigenvalue weighted by Gasteiger charge is -2.37. The first kappa shape index (κ1) is 15.3. The molecule has 2 nitrogen and oxygen atoms in total. The van der Waals surface area contributed by atoms with Crippen LogP contribution in [0.1, 0.15) is 49.3 Å². The van der Waals surface area contributed by atoms with Gasteiger partial charge in [0.05, 0.1) is 12.7 Å². The highest BCUT2D eigenvalue weighted by atomic mass is 35.5. The smallest absolute Gasteiger partial charge is 0.0954 e. The predicted octanol–water partition coefficient (Wildman–Crippen LogP) is 4.17. The molecule has 1 atom stereocenters. The van der Waals surface area contributed by atoms with Crippen molar-refractivity contribution in [1.29, 1.82) is 0 Å². The highest BCUT2D eigenvalue weighted by Gasteiger charge is 2.27. The zero-order valence-corrected chi connectivity index (χ0v) is 13.5. The van der Waals surface area contributed by atoms with Gasteiger partial charge in [-0.05, 0) is 30.4 Å². The Morgan fingerprint density at radius 3 is 2.76 bits per heavy atom. The fourth-order valence-corrected chi connectivity index (χ4v) is 4.04. The molecular formula is C18H26ClNO. The van der Waals surface area contributed by atoms with Gasteiger partial charge in [0.2, 0.25) is 0 Å². The summed E-state index contributed by atoms with van der Waals surface area (Å²) in [7, 11) is 0. The van der Waals surface area contributed by atoms with Gasteiger partial charge in [-0.3, -0.25) is 4.90 Å². The summed E-state index contributed by atoms with van der Waals surface area (Å²) in [6.45, 7) is 2.82. The zero-order valence-electron chi connectivity index (χ0n) is 12.8. The van der Waals surface area contributed by atoms with E-state index in [9.17, 15) is 0 Å². The Labute approximate surface area is 133 Å². The third-order valence-electron chi connectivity index (χ3n) is 4.96. The summed E-state index contributed by atoms with van der Waals surface area (Å²) in [4.78, 5) is 2.58. The Hall–Kier alpha value is -0.570. The number of benzene rings is 1. The summed E-state index contributed by atoms with van der Waals surface area (Å²) < 4.78 is 6.09. The molecule has 0 spiro atoms. The Morgan fingerprint density at radius 1 is 1.14 bits per heavy atom. The van der Waals surface area contributed by atoms with Crippen molar-refractivity contribution in [3.8, 4) is 0 Å². The summed E-state index contributed by atoms with van der Waals surface area (Å²) in [5.41, 5.74) is 2.85. The van der Waals surface area contributed by atoms with E-state index in [0.29, 0.717) is 11.9 Å². The minimum absolute atomic E-state index is 0.222. The summed E-state index contributed by atoms with van der Waals surface area (Å²) in [5, 5.41) is 0. The molecule has 1 aliphatic carbocycles. The van der Waals surface area contributed by atoms with E-state index in [-0.39, 0.29) is 6.10 Å². The first-order chi connectivity index (χ1) is 10.4. The zero-order chi connectivity index (χ0) is 14.5. The molecule has 0 saturated heterocycles. The summed E-state index contributed by atoms with van der Waals surface area (Å²) in [6.07, 6.45) is 8.05. The maximum atomic E-state index is 6.09. The summed E-state index contributed by atoms with van der Waals surface area (Å²) in [6, 6.07) is 9.46. The quantitative estimate of drug-likeness (QED) is 0.757. The Morgan fingerprint density at radius 2 is 1.95 bits per heavy atom. The molecule has 1 saturated carbocycles. The van der Waals surface area contributed by atoms with E-state index in [1.807, 2.05) is 0 Å². The molecule has 0 N–H and O–H groups in total. The molecule has 0 bridgehead atoms. The van der Waals surface area contributed by atoms with Gasteiger partial charge in [-0.25, -0.2) is 0 Å². The number of alkyl halides is 1. The molecule has 116 valence electrons. The average molecular weight is 308 g/mol. The van der Waals surface area contributed by atoms with Gasteiger partial charge in [0, 0.05) is 25.0 Å². The van der Waals surface area contributed by atoms with Crippen molar-refractivity contribution in [3.63, 3.8) is 0 Å². The van der Waals surface area contributed by atoms with Crippen LogP contribution in [0.2, 0.25) is 0 Å². The van der Waals surface area contributed by atoms with E-state index in [4.69, 9.17) is 16.3 Å². The molecule has 0 amide bonds. The van der Waals surface area contributed by atoms with Crippen LogP contribution in [-0.2, 0) is 11.2 Å². The van der Waals surface area contributed by atoms with Gasteiger partial charge >= 0.3 is 0 Å². The van der Waals surface area contributed by atoms with Gasteiger partial charge in [0.15, 0.2) is 0 Å². The molecule has 0 radical (unpaired) electrons. The lowest BCUT2D eigenvalue weighted by molar-refractivity contribution is 0.00318. The normalized spacial score (nSPS) is 23.2. The maximum absolute atomic E-state index is 6.09. The van der Waals surface area contributed by atoms with Crippen LogP contribution in [0, 0.1) is 0 Å². The molecule has 1 unspecified atom stereocenters. The minimum atomic E-state index is 0.222. The molecule has 2 aliphatic rings. The van der Waals surface area contributed by atoms with Crippen LogP contribution in [-0.4, -0.2) is 36.5 Å². The van der Waals surface area contributed by atoms with Crippen molar-refractivity contribution < 1.29 is 4.74 Å². The molecule has 1 aliphatic heterocycles. The molecule has 3 heteroatoms. The number of hydrogen-bond acceptors (Lipinski definition) is 2. The number of halogens is 1. The Kier molecular flexibility index (Phi) is 5.56. The van der Waals surface area contributed by atoms with Gasteiger partial charge in [-0.2, -0.15) is 0 Å². The molecular weight excluding hydrogens is 282 g/mol. The third kappa shape index (κ3) is 3.80. The SMILES string of the molecule is ClCCN(CC1OCCc2ccccc21)C1CCCCC1. The van der Waals surface area contributed by atoms with Crippen molar-refractivity contribution in [1.82, 2.24) is 4.90 Å². The number of ether oxygens (including phenoxy) is 1. The van der Waals surface area contributed by atoms with Crippen molar-refractivity contribution in [3.05, 3.63) is 35.4 Å². The number of hydrogen-bond donors (Lipinski definition) is 0. The highest BCUT2D eigenvalue weighted by Crippen LogP contribution is 2.30. The molecule has 1 heterocycles. The summed E-state index contributed by atoms with van der Waals surface area (Å²) >= 11 is 6.05. The van der Waals surface area contributed by atoms with Gasteiger partial charge in [0.1, 0.15) is 0 Å². The van der Waals surface area contributed by atoms with Crippen LogP contribution in [0.5, 0.6) is 0 Å². The largest absolute Gasteiger partial charge is 0.372 e. The van der Waals surface area contributed by atoms with Crippen LogP contribution >= 0.6 is 11.6 Å². The van der Waals surface area contributed by atoms with E-state index >= 15 is 0 Å². The van der Waals surface area contributed by atoms with E-state index in [1.54, 1.807) is 0 Å². The fraction of sp³-hybridized carbons (Fsp3) is 0.667. The van der Waals surface area contributed by atoms with Crippen LogP contribution in [0.25, 0.3) is 0 Å². The standard InChI is InChI=1S/C18H26ClNO/c19-11-12-20(16-7-2-1-3-8-16)14-18-17-9-5-4-6-15(17)10-13-21-18/h4-6,9,16,18H,1-3,7-8,10-14H2. The van der Waals surface area contributed by atoms with Crippen molar-refractivity contribution in [2.45, 2.75) is 50.7 Å². The first-order valence-electron chi connectivity index (χ1n) is 8.38. The number of rotatable bonds is 5.